The summed E-state index contributed by atoms with van der Waals surface area (Å²) in [4.78, 5) is 18.5. The fraction of sp³-hybridized carbons (Fsp3) is 0.353. The lowest BCUT2D eigenvalue weighted by molar-refractivity contribution is -0.127. The van der Waals surface area contributed by atoms with Crippen LogP contribution < -0.4 is 0 Å². The highest BCUT2D eigenvalue weighted by molar-refractivity contribution is 5.91. The lowest BCUT2D eigenvalue weighted by atomic mass is 9.98. The summed E-state index contributed by atoms with van der Waals surface area (Å²) in [5.74, 6) is 1.46. The van der Waals surface area contributed by atoms with Crippen molar-refractivity contribution >= 4 is 12.0 Å². The van der Waals surface area contributed by atoms with Gasteiger partial charge < -0.3 is 9.42 Å². The molecule has 114 valence electrons. The van der Waals surface area contributed by atoms with Crippen molar-refractivity contribution in [1.82, 2.24) is 15.0 Å². The van der Waals surface area contributed by atoms with Gasteiger partial charge in [-0.2, -0.15) is 4.98 Å². The summed E-state index contributed by atoms with van der Waals surface area (Å²) in [5.41, 5.74) is 1.02. The molecule has 3 rings (SSSR count). The average Bonchev–Trinajstić information content (AvgIpc) is 3.00. The van der Waals surface area contributed by atoms with Crippen molar-refractivity contribution in [2.24, 2.45) is 0 Å². The van der Waals surface area contributed by atoms with Gasteiger partial charge in [0, 0.05) is 19.2 Å². The number of carbonyl (C=O) groups excluding carboxylic acids is 1. The van der Waals surface area contributed by atoms with Gasteiger partial charge >= 0.3 is 0 Å². The molecule has 0 aliphatic carbocycles. The number of hydrogen-bond acceptors (Lipinski definition) is 4. The Bertz CT molecular complexity index is 664. The minimum atomic E-state index is 0.0322. The van der Waals surface area contributed by atoms with Gasteiger partial charge in [-0.25, -0.2) is 0 Å². The number of hydrogen-bond donors (Lipinski definition) is 0. The van der Waals surface area contributed by atoms with E-state index in [1.54, 1.807) is 13.0 Å². The Kier molecular flexibility index (Phi) is 4.32. The molecule has 0 spiro atoms. The van der Waals surface area contributed by atoms with Gasteiger partial charge in [-0.15, -0.1) is 0 Å². The van der Waals surface area contributed by atoms with Gasteiger partial charge in [0.2, 0.25) is 11.8 Å². The summed E-state index contributed by atoms with van der Waals surface area (Å²) in [7, 11) is 0. The van der Waals surface area contributed by atoms with Gasteiger partial charge in [-0.3, -0.25) is 4.79 Å². The van der Waals surface area contributed by atoms with Gasteiger partial charge in [0.1, 0.15) is 0 Å². The molecule has 0 unspecified atom stereocenters. The van der Waals surface area contributed by atoms with Crippen LogP contribution in [0.1, 0.15) is 36.0 Å². The third-order valence-electron chi connectivity index (χ3n) is 3.84. The number of rotatable bonds is 3. The second-order valence-corrected chi connectivity index (χ2v) is 5.55. The molecule has 0 saturated carbocycles. The van der Waals surface area contributed by atoms with E-state index in [1.165, 1.54) is 0 Å². The van der Waals surface area contributed by atoms with Crippen molar-refractivity contribution in [2.45, 2.75) is 25.7 Å². The summed E-state index contributed by atoms with van der Waals surface area (Å²) in [6.07, 6.45) is 5.42. The molecule has 1 aliphatic rings. The number of nitrogens with zero attached hydrogens (tertiary/aromatic N) is 3. The van der Waals surface area contributed by atoms with Crippen LogP contribution in [0, 0.1) is 6.92 Å². The Morgan fingerprint density at radius 2 is 2.18 bits per heavy atom. The van der Waals surface area contributed by atoms with Crippen molar-refractivity contribution in [3.8, 4) is 0 Å². The van der Waals surface area contributed by atoms with Crippen LogP contribution in [0.4, 0.5) is 0 Å². The molecule has 1 aliphatic heterocycles. The molecule has 22 heavy (non-hydrogen) atoms. The standard InChI is InChI=1S/C17H19N3O2/c1-13-18-17(22-19-13)15-8-5-11-20(12-15)16(21)10-9-14-6-3-2-4-7-14/h2-4,6-7,9-10,15H,5,8,11-12H2,1H3/b10-9+/t15-/m0/s1. The van der Waals surface area contributed by atoms with Gasteiger partial charge in [-0.1, -0.05) is 35.5 Å². The number of benzene rings is 1. The summed E-state index contributed by atoms with van der Waals surface area (Å²) < 4.78 is 5.24. The highest BCUT2D eigenvalue weighted by atomic mass is 16.5. The van der Waals surface area contributed by atoms with Crippen molar-refractivity contribution in [1.29, 1.82) is 0 Å². The molecule has 2 aromatic rings. The zero-order valence-electron chi connectivity index (χ0n) is 12.6. The van der Waals surface area contributed by atoms with Crippen molar-refractivity contribution < 1.29 is 9.32 Å². The van der Waals surface area contributed by atoms with E-state index in [2.05, 4.69) is 10.1 Å². The van der Waals surface area contributed by atoms with E-state index in [9.17, 15) is 4.79 Å². The van der Waals surface area contributed by atoms with E-state index >= 15 is 0 Å². The highest BCUT2D eigenvalue weighted by Crippen LogP contribution is 2.25. The molecule has 1 fully saturated rings. The summed E-state index contributed by atoms with van der Waals surface area (Å²) in [6.45, 7) is 3.22. The Labute approximate surface area is 129 Å². The van der Waals surface area contributed by atoms with E-state index in [0.717, 1.165) is 24.9 Å². The van der Waals surface area contributed by atoms with Crippen LogP contribution in [0.5, 0.6) is 0 Å². The molecule has 1 amide bonds. The fourth-order valence-corrected chi connectivity index (χ4v) is 2.69. The molecular formula is C17H19N3O2. The predicted octanol–water partition coefficient (Wildman–Crippen LogP) is 2.80. The lowest BCUT2D eigenvalue weighted by Crippen LogP contribution is -2.38. The predicted molar refractivity (Wildman–Crippen MR) is 83.1 cm³/mol. The number of aromatic nitrogens is 2. The Morgan fingerprint density at radius 3 is 2.91 bits per heavy atom. The summed E-state index contributed by atoms with van der Waals surface area (Å²) in [5, 5.41) is 3.83. The molecule has 0 radical (unpaired) electrons. The first-order valence-electron chi connectivity index (χ1n) is 7.54. The Morgan fingerprint density at radius 1 is 1.36 bits per heavy atom. The third kappa shape index (κ3) is 3.42. The quantitative estimate of drug-likeness (QED) is 0.817. The van der Waals surface area contributed by atoms with Crippen molar-refractivity contribution in [2.75, 3.05) is 13.1 Å². The number of aryl methyl sites for hydroxylation is 1. The molecule has 1 atom stereocenters. The molecule has 0 bridgehead atoms. The van der Waals surface area contributed by atoms with Crippen molar-refractivity contribution in [3.05, 3.63) is 53.7 Å². The zero-order chi connectivity index (χ0) is 15.4. The largest absolute Gasteiger partial charge is 0.339 e. The van der Waals surface area contributed by atoms with Gasteiger partial charge in [0.25, 0.3) is 0 Å². The molecule has 5 heteroatoms. The van der Waals surface area contributed by atoms with Crippen LogP contribution in [-0.4, -0.2) is 34.0 Å². The van der Waals surface area contributed by atoms with E-state index in [-0.39, 0.29) is 11.8 Å². The maximum absolute atomic E-state index is 12.3. The fourth-order valence-electron chi connectivity index (χ4n) is 2.69. The molecular weight excluding hydrogens is 278 g/mol. The molecule has 1 saturated heterocycles. The lowest BCUT2D eigenvalue weighted by Gasteiger charge is -2.30. The van der Waals surface area contributed by atoms with Gasteiger partial charge in [-0.05, 0) is 31.4 Å². The number of piperidine rings is 1. The first-order valence-corrected chi connectivity index (χ1v) is 7.54. The minimum Gasteiger partial charge on any atom is -0.339 e. The van der Waals surface area contributed by atoms with Crippen LogP contribution in [0.2, 0.25) is 0 Å². The van der Waals surface area contributed by atoms with Crippen LogP contribution >= 0.6 is 0 Å². The molecule has 1 aromatic carbocycles. The third-order valence-corrected chi connectivity index (χ3v) is 3.84. The topological polar surface area (TPSA) is 59.2 Å². The summed E-state index contributed by atoms with van der Waals surface area (Å²) >= 11 is 0. The first-order chi connectivity index (χ1) is 10.7. The van der Waals surface area contributed by atoms with Crippen LogP contribution in [0.3, 0.4) is 0 Å². The number of carbonyl (C=O) groups is 1. The molecule has 5 nitrogen and oxygen atoms in total. The Balaban J connectivity index is 1.64. The summed E-state index contributed by atoms with van der Waals surface area (Å²) in [6, 6.07) is 9.83. The normalized spacial score (nSPS) is 18.8. The minimum absolute atomic E-state index is 0.0322. The van der Waals surface area contributed by atoms with E-state index < -0.39 is 0 Å². The second-order valence-electron chi connectivity index (χ2n) is 5.55. The zero-order valence-corrected chi connectivity index (χ0v) is 12.6. The first kappa shape index (κ1) is 14.5. The van der Waals surface area contributed by atoms with Crippen LogP contribution in [0.15, 0.2) is 40.9 Å². The number of amides is 1. The van der Waals surface area contributed by atoms with E-state index in [1.807, 2.05) is 41.3 Å². The molecule has 2 heterocycles. The second kappa shape index (κ2) is 6.56. The number of likely N-dealkylation sites (tertiary alicyclic amines) is 1. The van der Waals surface area contributed by atoms with Gasteiger partial charge in [0.15, 0.2) is 5.82 Å². The van der Waals surface area contributed by atoms with Crippen LogP contribution in [-0.2, 0) is 4.79 Å². The smallest absolute Gasteiger partial charge is 0.246 e. The maximum atomic E-state index is 12.3. The average molecular weight is 297 g/mol. The maximum Gasteiger partial charge on any atom is 0.246 e. The SMILES string of the molecule is Cc1noc([C@H]2CCCN(C(=O)/C=C/c3ccccc3)C2)n1. The highest BCUT2D eigenvalue weighted by Gasteiger charge is 2.27. The van der Waals surface area contributed by atoms with Crippen molar-refractivity contribution in [3.63, 3.8) is 0 Å². The van der Waals surface area contributed by atoms with E-state index in [4.69, 9.17) is 4.52 Å². The monoisotopic (exact) mass is 297 g/mol. The van der Waals surface area contributed by atoms with Gasteiger partial charge in [0.05, 0.1) is 5.92 Å². The van der Waals surface area contributed by atoms with Crippen LogP contribution in [0.25, 0.3) is 6.08 Å². The molecule has 1 aromatic heterocycles. The Hall–Kier alpha value is -2.43. The molecule has 0 N–H and O–H groups in total. The van der Waals surface area contributed by atoms with E-state index in [0.29, 0.717) is 18.3 Å².